The highest BCUT2D eigenvalue weighted by atomic mass is 79.9. The molecule has 2 rings (SSSR count). The fourth-order valence-corrected chi connectivity index (χ4v) is 3.24. The third kappa shape index (κ3) is 3.65. The Labute approximate surface area is 120 Å². The quantitative estimate of drug-likeness (QED) is 0.867. The molecule has 1 aromatic carbocycles. The van der Waals surface area contributed by atoms with E-state index < -0.39 is 0 Å². The van der Waals surface area contributed by atoms with Crippen molar-refractivity contribution in [2.45, 2.75) is 12.6 Å². The van der Waals surface area contributed by atoms with Gasteiger partial charge in [-0.1, -0.05) is 30.3 Å². The molecule has 0 aliphatic rings. The molecule has 0 saturated heterocycles. The van der Waals surface area contributed by atoms with E-state index in [1.54, 1.807) is 18.4 Å². The van der Waals surface area contributed by atoms with Gasteiger partial charge in [0.2, 0.25) is 0 Å². The summed E-state index contributed by atoms with van der Waals surface area (Å²) in [5.41, 5.74) is 1.26. The molecule has 18 heavy (non-hydrogen) atoms. The molecule has 1 atom stereocenters. The molecule has 2 nitrogen and oxygen atoms in total. The molecule has 0 spiro atoms. The minimum Gasteiger partial charge on any atom is -0.383 e. The van der Waals surface area contributed by atoms with Crippen molar-refractivity contribution in [1.82, 2.24) is 5.32 Å². The van der Waals surface area contributed by atoms with Crippen LogP contribution in [0.3, 0.4) is 0 Å². The van der Waals surface area contributed by atoms with Crippen molar-refractivity contribution in [3.63, 3.8) is 0 Å². The Hall–Kier alpha value is -0.680. The van der Waals surface area contributed by atoms with E-state index in [0.29, 0.717) is 6.61 Å². The van der Waals surface area contributed by atoms with Gasteiger partial charge < -0.3 is 10.1 Å². The third-order valence-corrected chi connectivity index (χ3v) is 4.66. The smallest absolute Gasteiger partial charge is 0.0657 e. The van der Waals surface area contributed by atoms with Gasteiger partial charge in [0, 0.05) is 23.0 Å². The second-order valence-corrected chi connectivity index (χ2v) is 5.85. The number of halogens is 1. The molecule has 96 valence electrons. The van der Waals surface area contributed by atoms with Crippen molar-refractivity contribution >= 4 is 27.3 Å². The average molecular weight is 326 g/mol. The number of rotatable bonds is 6. The van der Waals surface area contributed by atoms with Crippen LogP contribution in [-0.4, -0.2) is 13.7 Å². The zero-order valence-corrected chi connectivity index (χ0v) is 12.6. The lowest BCUT2D eigenvalue weighted by atomic mass is 10.1. The van der Waals surface area contributed by atoms with E-state index in [1.165, 1.54) is 14.9 Å². The molecule has 1 heterocycles. The summed E-state index contributed by atoms with van der Waals surface area (Å²) in [6.07, 6.45) is 0. The Morgan fingerprint density at radius 2 is 2.06 bits per heavy atom. The molecule has 0 aliphatic heterocycles. The standard InChI is InChI=1S/C14H16BrNOS/c1-17-10-13(11-5-3-2-4-6-11)16-9-14-12(15)7-8-18-14/h2-8,13,16H,9-10H2,1H3. The van der Waals surface area contributed by atoms with E-state index in [0.717, 1.165) is 6.54 Å². The highest BCUT2D eigenvalue weighted by Gasteiger charge is 2.11. The molecule has 0 amide bonds. The monoisotopic (exact) mass is 325 g/mol. The summed E-state index contributed by atoms with van der Waals surface area (Å²) >= 11 is 5.31. The number of benzene rings is 1. The molecule has 0 saturated carbocycles. The number of hydrogen-bond donors (Lipinski definition) is 1. The Balaban J connectivity index is 2.01. The summed E-state index contributed by atoms with van der Waals surface area (Å²) in [4.78, 5) is 1.31. The molecule has 0 fully saturated rings. The maximum atomic E-state index is 5.29. The lowest BCUT2D eigenvalue weighted by Crippen LogP contribution is -2.24. The van der Waals surface area contributed by atoms with Crippen LogP contribution in [0.15, 0.2) is 46.3 Å². The molecule has 4 heteroatoms. The van der Waals surface area contributed by atoms with Crippen molar-refractivity contribution in [3.05, 3.63) is 56.7 Å². The van der Waals surface area contributed by atoms with E-state index in [9.17, 15) is 0 Å². The zero-order chi connectivity index (χ0) is 12.8. The van der Waals surface area contributed by atoms with Gasteiger partial charge in [-0.2, -0.15) is 0 Å². The largest absolute Gasteiger partial charge is 0.383 e. The summed E-state index contributed by atoms with van der Waals surface area (Å²) < 4.78 is 6.46. The van der Waals surface area contributed by atoms with Crippen molar-refractivity contribution in [3.8, 4) is 0 Å². The highest BCUT2D eigenvalue weighted by Crippen LogP contribution is 2.23. The molecule has 1 unspecified atom stereocenters. The van der Waals surface area contributed by atoms with Gasteiger partial charge in [0.25, 0.3) is 0 Å². The third-order valence-electron chi connectivity index (χ3n) is 2.74. The summed E-state index contributed by atoms with van der Waals surface area (Å²) in [6.45, 7) is 1.52. The van der Waals surface area contributed by atoms with Crippen molar-refractivity contribution in [1.29, 1.82) is 0 Å². The number of nitrogens with one attached hydrogen (secondary N) is 1. The van der Waals surface area contributed by atoms with Crippen LogP contribution in [0.5, 0.6) is 0 Å². The van der Waals surface area contributed by atoms with E-state index in [-0.39, 0.29) is 6.04 Å². The van der Waals surface area contributed by atoms with E-state index in [4.69, 9.17) is 4.74 Å². The van der Waals surface area contributed by atoms with Gasteiger partial charge in [0.05, 0.1) is 12.6 Å². The Morgan fingerprint density at radius 3 is 2.67 bits per heavy atom. The number of methoxy groups -OCH3 is 1. The lowest BCUT2D eigenvalue weighted by molar-refractivity contribution is 0.166. The van der Waals surface area contributed by atoms with E-state index in [2.05, 4.69) is 57.0 Å². The van der Waals surface area contributed by atoms with Gasteiger partial charge >= 0.3 is 0 Å². The van der Waals surface area contributed by atoms with Crippen LogP contribution < -0.4 is 5.32 Å². The average Bonchev–Trinajstić information content (AvgIpc) is 2.81. The Bertz CT molecular complexity index is 472. The number of hydrogen-bond acceptors (Lipinski definition) is 3. The molecule has 0 aliphatic carbocycles. The van der Waals surface area contributed by atoms with Crippen LogP contribution in [0.25, 0.3) is 0 Å². The molecular weight excluding hydrogens is 310 g/mol. The van der Waals surface area contributed by atoms with Crippen LogP contribution in [-0.2, 0) is 11.3 Å². The first kappa shape index (κ1) is 13.7. The summed E-state index contributed by atoms with van der Waals surface area (Å²) in [5, 5.41) is 5.63. The maximum Gasteiger partial charge on any atom is 0.0657 e. The van der Waals surface area contributed by atoms with E-state index >= 15 is 0 Å². The number of thiophene rings is 1. The van der Waals surface area contributed by atoms with Crippen LogP contribution in [0, 0.1) is 0 Å². The second kappa shape index (κ2) is 7.04. The minimum atomic E-state index is 0.227. The predicted molar refractivity (Wildman–Crippen MR) is 79.9 cm³/mol. The summed E-state index contributed by atoms with van der Waals surface area (Å²) in [5.74, 6) is 0. The van der Waals surface area contributed by atoms with Crippen molar-refractivity contribution < 1.29 is 4.74 Å². The van der Waals surface area contributed by atoms with Gasteiger partial charge in [-0.05, 0) is 32.9 Å². The maximum absolute atomic E-state index is 5.29. The van der Waals surface area contributed by atoms with Crippen LogP contribution >= 0.6 is 27.3 Å². The Kier molecular flexibility index (Phi) is 5.38. The van der Waals surface area contributed by atoms with Crippen molar-refractivity contribution in [2.24, 2.45) is 0 Å². The van der Waals surface area contributed by atoms with Crippen LogP contribution in [0.1, 0.15) is 16.5 Å². The van der Waals surface area contributed by atoms with Gasteiger partial charge in [0.1, 0.15) is 0 Å². The lowest BCUT2D eigenvalue weighted by Gasteiger charge is -2.18. The molecular formula is C14H16BrNOS. The SMILES string of the molecule is COCC(NCc1sccc1Br)c1ccccc1. The summed E-state index contributed by atoms with van der Waals surface area (Å²) in [7, 11) is 1.73. The van der Waals surface area contributed by atoms with Crippen LogP contribution in [0.2, 0.25) is 0 Å². The molecule has 0 radical (unpaired) electrons. The first-order chi connectivity index (χ1) is 8.81. The fourth-order valence-electron chi connectivity index (χ4n) is 1.79. The normalized spacial score (nSPS) is 12.6. The topological polar surface area (TPSA) is 21.3 Å². The van der Waals surface area contributed by atoms with Gasteiger partial charge in [0.15, 0.2) is 0 Å². The van der Waals surface area contributed by atoms with Gasteiger partial charge in [-0.25, -0.2) is 0 Å². The second-order valence-electron chi connectivity index (χ2n) is 3.99. The first-order valence-corrected chi connectivity index (χ1v) is 7.47. The van der Waals surface area contributed by atoms with Crippen LogP contribution in [0.4, 0.5) is 0 Å². The predicted octanol–water partition coefficient (Wildman–Crippen LogP) is 3.99. The van der Waals surface area contributed by atoms with Gasteiger partial charge in [-0.15, -0.1) is 11.3 Å². The first-order valence-electron chi connectivity index (χ1n) is 5.80. The van der Waals surface area contributed by atoms with E-state index in [1.807, 2.05) is 6.07 Å². The fraction of sp³-hybridized carbons (Fsp3) is 0.286. The van der Waals surface area contributed by atoms with Gasteiger partial charge in [-0.3, -0.25) is 0 Å². The zero-order valence-electron chi connectivity index (χ0n) is 10.2. The number of ether oxygens (including phenoxy) is 1. The molecule has 2 aromatic rings. The molecule has 1 N–H and O–H groups in total. The molecule has 1 aromatic heterocycles. The van der Waals surface area contributed by atoms with Crippen molar-refractivity contribution in [2.75, 3.05) is 13.7 Å². The Morgan fingerprint density at radius 1 is 1.28 bits per heavy atom. The summed E-state index contributed by atoms with van der Waals surface area (Å²) in [6, 6.07) is 12.7. The molecule has 0 bridgehead atoms. The highest BCUT2D eigenvalue weighted by molar-refractivity contribution is 9.10. The minimum absolute atomic E-state index is 0.227.